The summed E-state index contributed by atoms with van der Waals surface area (Å²) in [5.41, 5.74) is 5.83. The molecule has 32 heavy (non-hydrogen) atoms. The van der Waals surface area contributed by atoms with Crippen molar-refractivity contribution >= 4 is 17.3 Å². The molecular formula is C27H28FN3O. The second-order valence-corrected chi connectivity index (χ2v) is 8.67. The zero-order valence-electron chi connectivity index (χ0n) is 18.2. The molecule has 5 rings (SSSR count). The maximum atomic E-state index is 13.1. The van der Waals surface area contributed by atoms with Crippen molar-refractivity contribution in [3.05, 3.63) is 95.3 Å². The molecule has 0 N–H and O–H groups in total. The monoisotopic (exact) mass is 429 g/mol. The predicted octanol–water partition coefficient (Wildman–Crippen LogP) is 4.63. The molecule has 0 radical (unpaired) electrons. The van der Waals surface area contributed by atoms with Crippen molar-refractivity contribution in [2.24, 2.45) is 0 Å². The lowest BCUT2D eigenvalue weighted by atomic mass is 9.99. The molecule has 0 bridgehead atoms. The van der Waals surface area contributed by atoms with E-state index < -0.39 is 0 Å². The van der Waals surface area contributed by atoms with Crippen molar-refractivity contribution in [3.63, 3.8) is 0 Å². The summed E-state index contributed by atoms with van der Waals surface area (Å²) in [4.78, 5) is 19.4. The van der Waals surface area contributed by atoms with Gasteiger partial charge in [-0.3, -0.25) is 9.69 Å². The van der Waals surface area contributed by atoms with Crippen LogP contribution in [0.5, 0.6) is 0 Å². The standard InChI is InChI=1S/C27H28FN3O/c28-24-9-6-22(7-10-24)19-29-14-16-30(17-15-29)25-11-12-26-23(18-25)8-13-27(32)31(26)20-21-4-2-1-3-5-21/h1-7,9-12,18H,8,13-17,19-20H2. The van der Waals surface area contributed by atoms with E-state index >= 15 is 0 Å². The van der Waals surface area contributed by atoms with Crippen LogP contribution >= 0.6 is 0 Å². The number of hydrogen-bond acceptors (Lipinski definition) is 3. The zero-order chi connectivity index (χ0) is 21.9. The quantitative estimate of drug-likeness (QED) is 0.592. The van der Waals surface area contributed by atoms with Gasteiger partial charge in [0.25, 0.3) is 0 Å². The number of hydrogen-bond donors (Lipinski definition) is 0. The number of fused-ring (bicyclic) bond motifs is 1. The lowest BCUT2D eigenvalue weighted by Gasteiger charge is -2.37. The first-order chi connectivity index (χ1) is 15.7. The van der Waals surface area contributed by atoms with E-state index in [9.17, 15) is 9.18 Å². The summed E-state index contributed by atoms with van der Waals surface area (Å²) in [6.07, 6.45) is 1.37. The van der Waals surface area contributed by atoms with Gasteiger partial charge in [-0.1, -0.05) is 42.5 Å². The topological polar surface area (TPSA) is 26.8 Å². The van der Waals surface area contributed by atoms with Gasteiger partial charge < -0.3 is 9.80 Å². The predicted molar refractivity (Wildman–Crippen MR) is 126 cm³/mol. The Morgan fingerprint density at radius 3 is 2.22 bits per heavy atom. The first-order valence-electron chi connectivity index (χ1n) is 11.3. The number of amides is 1. The third-order valence-electron chi connectivity index (χ3n) is 6.50. The van der Waals surface area contributed by atoms with Crippen LogP contribution in [0.1, 0.15) is 23.1 Å². The van der Waals surface area contributed by atoms with Gasteiger partial charge in [0.2, 0.25) is 5.91 Å². The summed E-state index contributed by atoms with van der Waals surface area (Å²) < 4.78 is 13.1. The largest absolute Gasteiger partial charge is 0.369 e. The van der Waals surface area contributed by atoms with Gasteiger partial charge >= 0.3 is 0 Å². The van der Waals surface area contributed by atoms with Gasteiger partial charge in [-0.05, 0) is 53.4 Å². The van der Waals surface area contributed by atoms with Crippen LogP contribution in [-0.4, -0.2) is 37.0 Å². The van der Waals surface area contributed by atoms with E-state index in [1.54, 1.807) is 0 Å². The van der Waals surface area contributed by atoms with Gasteiger partial charge in [-0.2, -0.15) is 0 Å². The molecule has 3 aromatic rings. The molecule has 3 aromatic carbocycles. The first-order valence-corrected chi connectivity index (χ1v) is 11.3. The molecule has 0 aromatic heterocycles. The molecule has 2 aliphatic heterocycles. The summed E-state index contributed by atoms with van der Waals surface area (Å²) in [7, 11) is 0. The highest BCUT2D eigenvalue weighted by molar-refractivity contribution is 5.96. The van der Waals surface area contributed by atoms with Crippen LogP contribution in [0.15, 0.2) is 72.8 Å². The Morgan fingerprint density at radius 1 is 0.750 bits per heavy atom. The van der Waals surface area contributed by atoms with Crippen LogP contribution in [0.25, 0.3) is 0 Å². The number of aryl methyl sites for hydroxylation is 1. The Balaban J connectivity index is 1.25. The van der Waals surface area contributed by atoms with Gasteiger partial charge in [0.15, 0.2) is 0 Å². The molecule has 2 heterocycles. The number of anilines is 2. The average Bonchev–Trinajstić information content (AvgIpc) is 2.83. The number of rotatable bonds is 5. The van der Waals surface area contributed by atoms with Crippen molar-refractivity contribution in [3.8, 4) is 0 Å². The average molecular weight is 430 g/mol. The fourth-order valence-corrected chi connectivity index (χ4v) is 4.69. The summed E-state index contributed by atoms with van der Waals surface area (Å²) in [5, 5.41) is 0. The maximum Gasteiger partial charge on any atom is 0.227 e. The van der Waals surface area contributed by atoms with Gasteiger partial charge in [0.1, 0.15) is 5.82 Å². The normalized spacial score (nSPS) is 16.8. The van der Waals surface area contributed by atoms with Crippen molar-refractivity contribution in [2.75, 3.05) is 36.0 Å². The lowest BCUT2D eigenvalue weighted by Crippen LogP contribution is -2.46. The Hall–Kier alpha value is -3.18. The summed E-state index contributed by atoms with van der Waals surface area (Å²) in [6.45, 7) is 5.36. The maximum absolute atomic E-state index is 13.1. The summed E-state index contributed by atoms with van der Waals surface area (Å²) >= 11 is 0. The van der Waals surface area contributed by atoms with Crippen LogP contribution in [0.2, 0.25) is 0 Å². The SMILES string of the molecule is O=C1CCc2cc(N3CCN(Cc4ccc(F)cc4)CC3)ccc2N1Cc1ccccc1. The molecule has 1 saturated heterocycles. The minimum atomic E-state index is -0.185. The number of carbonyl (C=O) groups is 1. The Labute approximate surface area is 188 Å². The third-order valence-corrected chi connectivity index (χ3v) is 6.50. The molecule has 0 atom stereocenters. The third kappa shape index (κ3) is 4.53. The van der Waals surface area contributed by atoms with E-state index in [1.807, 2.05) is 35.2 Å². The molecule has 0 spiro atoms. The van der Waals surface area contributed by atoms with Crippen LogP contribution in [-0.2, 0) is 24.3 Å². The van der Waals surface area contributed by atoms with Gasteiger partial charge in [0, 0.05) is 50.5 Å². The van der Waals surface area contributed by atoms with Gasteiger partial charge in [0.05, 0.1) is 6.54 Å². The molecule has 1 fully saturated rings. The van der Waals surface area contributed by atoms with Crippen molar-refractivity contribution < 1.29 is 9.18 Å². The number of nitrogens with zero attached hydrogens (tertiary/aromatic N) is 3. The minimum absolute atomic E-state index is 0.185. The summed E-state index contributed by atoms with van der Waals surface area (Å²) in [6, 6.07) is 23.5. The smallest absolute Gasteiger partial charge is 0.227 e. The van der Waals surface area contributed by atoms with E-state index in [4.69, 9.17) is 0 Å². The fraction of sp³-hybridized carbons (Fsp3) is 0.296. The highest BCUT2D eigenvalue weighted by Gasteiger charge is 2.26. The molecule has 4 nitrogen and oxygen atoms in total. The Kier molecular flexibility index (Phi) is 5.91. The minimum Gasteiger partial charge on any atom is -0.369 e. The lowest BCUT2D eigenvalue weighted by molar-refractivity contribution is -0.119. The number of halogens is 1. The second-order valence-electron chi connectivity index (χ2n) is 8.67. The highest BCUT2D eigenvalue weighted by atomic mass is 19.1. The van der Waals surface area contributed by atoms with E-state index in [2.05, 4.69) is 40.1 Å². The molecule has 2 aliphatic rings. The van der Waals surface area contributed by atoms with E-state index in [0.717, 1.165) is 56.0 Å². The molecule has 164 valence electrons. The number of piperazine rings is 1. The van der Waals surface area contributed by atoms with E-state index in [1.165, 1.54) is 23.4 Å². The highest BCUT2D eigenvalue weighted by Crippen LogP contribution is 2.33. The van der Waals surface area contributed by atoms with Crippen molar-refractivity contribution in [1.29, 1.82) is 0 Å². The van der Waals surface area contributed by atoms with E-state index in [-0.39, 0.29) is 11.7 Å². The zero-order valence-corrected chi connectivity index (χ0v) is 18.2. The van der Waals surface area contributed by atoms with Crippen molar-refractivity contribution in [1.82, 2.24) is 4.90 Å². The van der Waals surface area contributed by atoms with Crippen LogP contribution in [0, 0.1) is 5.82 Å². The fourth-order valence-electron chi connectivity index (χ4n) is 4.69. The number of carbonyl (C=O) groups excluding carboxylic acids is 1. The Bertz CT molecular complexity index is 1080. The molecule has 0 unspecified atom stereocenters. The van der Waals surface area contributed by atoms with E-state index in [0.29, 0.717) is 13.0 Å². The molecular weight excluding hydrogens is 401 g/mol. The molecule has 0 saturated carbocycles. The summed E-state index contributed by atoms with van der Waals surface area (Å²) in [5.74, 6) is 0.0125. The van der Waals surface area contributed by atoms with Crippen LogP contribution in [0.4, 0.5) is 15.8 Å². The number of benzene rings is 3. The Morgan fingerprint density at radius 2 is 1.47 bits per heavy atom. The molecule has 1 amide bonds. The molecule has 5 heteroatoms. The van der Waals surface area contributed by atoms with Crippen molar-refractivity contribution in [2.45, 2.75) is 25.9 Å². The van der Waals surface area contributed by atoms with Gasteiger partial charge in [-0.25, -0.2) is 4.39 Å². The van der Waals surface area contributed by atoms with Gasteiger partial charge in [-0.15, -0.1) is 0 Å². The van der Waals surface area contributed by atoms with Crippen LogP contribution < -0.4 is 9.80 Å². The second kappa shape index (κ2) is 9.13. The molecule has 0 aliphatic carbocycles. The first kappa shape index (κ1) is 20.7. The van der Waals surface area contributed by atoms with Crippen LogP contribution in [0.3, 0.4) is 0 Å².